The number of amides is 2. The van der Waals surface area contributed by atoms with Gasteiger partial charge in [0.25, 0.3) is 11.8 Å². The standard InChI is InChI=1S/C15H20ClN3O4.C13H18ClN3O3/c1-8(20)23-14-11(16)12(22-6)13(21)19(14)10-7-9(15(2,3)4)18(5)17-10;1-13(2,3)7-6-8(15-16(7)4)17-11(18)9(14)10(20-5)12(17)19/h7,14H,1-6H3;6,11,18H,1-5H3. The number of anilines is 2. The number of nitrogens with zero attached hydrogens (tertiary/aromatic N) is 6. The second-order valence-corrected chi connectivity index (χ2v) is 12.8. The fourth-order valence-electron chi connectivity index (χ4n) is 4.73. The van der Waals surface area contributed by atoms with Gasteiger partial charge in [-0.15, -0.1) is 0 Å². The summed E-state index contributed by atoms with van der Waals surface area (Å²) in [7, 11) is 6.26. The van der Waals surface area contributed by atoms with Gasteiger partial charge in [0.05, 0.1) is 14.2 Å². The summed E-state index contributed by atoms with van der Waals surface area (Å²) in [6, 6.07) is 3.54. The van der Waals surface area contributed by atoms with Gasteiger partial charge in [0.2, 0.25) is 17.7 Å². The Kier molecular flexibility index (Phi) is 9.64. The van der Waals surface area contributed by atoms with Crippen LogP contribution >= 0.6 is 23.2 Å². The Balaban J connectivity index is 0.000000238. The van der Waals surface area contributed by atoms with Crippen LogP contribution in [0.4, 0.5) is 11.6 Å². The Morgan fingerprint density at radius 1 is 0.814 bits per heavy atom. The maximum Gasteiger partial charge on any atom is 0.304 e. The highest BCUT2D eigenvalue weighted by atomic mass is 35.5. The van der Waals surface area contributed by atoms with E-state index in [4.69, 9.17) is 37.4 Å². The molecular formula is C28H38Cl2N6O7. The molecule has 4 heterocycles. The van der Waals surface area contributed by atoms with Crippen molar-refractivity contribution in [3.8, 4) is 0 Å². The minimum Gasteiger partial charge on any atom is -0.490 e. The number of hydrogen-bond donors (Lipinski definition) is 1. The first kappa shape index (κ1) is 33.9. The summed E-state index contributed by atoms with van der Waals surface area (Å²) >= 11 is 12.1. The predicted octanol–water partition coefficient (Wildman–Crippen LogP) is 3.53. The number of aliphatic hydroxyl groups excluding tert-OH is 1. The van der Waals surface area contributed by atoms with Gasteiger partial charge in [-0.3, -0.25) is 28.6 Å². The van der Waals surface area contributed by atoms with Crippen molar-refractivity contribution in [3.63, 3.8) is 0 Å². The van der Waals surface area contributed by atoms with E-state index in [-0.39, 0.29) is 32.4 Å². The molecule has 0 bridgehead atoms. The van der Waals surface area contributed by atoms with Crippen molar-refractivity contribution < 1.29 is 33.7 Å². The molecule has 0 saturated carbocycles. The van der Waals surface area contributed by atoms with Crippen LogP contribution in [0.2, 0.25) is 0 Å². The highest BCUT2D eigenvalue weighted by Crippen LogP contribution is 2.36. The number of aryl methyl sites for hydroxylation is 2. The Morgan fingerprint density at radius 2 is 1.21 bits per heavy atom. The number of carbonyl (C=O) groups excluding carboxylic acids is 3. The molecule has 0 aliphatic carbocycles. The Labute approximate surface area is 260 Å². The first-order chi connectivity index (χ1) is 19.8. The molecule has 2 unspecified atom stereocenters. The minimum atomic E-state index is -1.26. The van der Waals surface area contributed by atoms with Gasteiger partial charge in [-0.2, -0.15) is 10.2 Å². The fraction of sp³-hybridized carbons (Fsp3) is 0.536. The molecule has 15 heteroatoms. The number of methoxy groups -OCH3 is 2. The van der Waals surface area contributed by atoms with E-state index in [2.05, 4.69) is 10.2 Å². The maximum atomic E-state index is 12.5. The maximum absolute atomic E-state index is 12.5. The quantitative estimate of drug-likeness (QED) is 0.486. The monoisotopic (exact) mass is 640 g/mol. The van der Waals surface area contributed by atoms with E-state index in [9.17, 15) is 19.5 Å². The summed E-state index contributed by atoms with van der Waals surface area (Å²) < 4.78 is 18.5. The number of ether oxygens (including phenoxy) is 3. The van der Waals surface area contributed by atoms with Crippen LogP contribution in [0.3, 0.4) is 0 Å². The molecule has 0 saturated heterocycles. The number of carbonyl (C=O) groups is 3. The molecule has 2 atom stereocenters. The summed E-state index contributed by atoms with van der Waals surface area (Å²) in [5.41, 5.74) is 1.56. The summed E-state index contributed by atoms with van der Waals surface area (Å²) in [6.45, 7) is 13.5. The summed E-state index contributed by atoms with van der Waals surface area (Å²) in [5, 5.41) is 18.7. The molecule has 0 radical (unpaired) electrons. The Bertz CT molecular complexity index is 1500. The van der Waals surface area contributed by atoms with Gasteiger partial charge in [-0.1, -0.05) is 64.7 Å². The molecule has 13 nitrogen and oxygen atoms in total. The van der Waals surface area contributed by atoms with Crippen molar-refractivity contribution in [1.29, 1.82) is 0 Å². The van der Waals surface area contributed by atoms with Crippen molar-refractivity contribution in [2.24, 2.45) is 14.1 Å². The van der Waals surface area contributed by atoms with E-state index < -0.39 is 30.2 Å². The van der Waals surface area contributed by atoms with Crippen LogP contribution in [0.25, 0.3) is 0 Å². The van der Waals surface area contributed by atoms with E-state index in [1.165, 1.54) is 26.0 Å². The number of esters is 1. The highest BCUT2D eigenvalue weighted by Gasteiger charge is 2.45. The van der Waals surface area contributed by atoms with E-state index >= 15 is 0 Å². The summed E-state index contributed by atoms with van der Waals surface area (Å²) in [4.78, 5) is 38.4. The SMILES string of the molecule is COC1=C(Cl)C(O)N(c2cc(C(C)(C)C)n(C)n2)C1=O.COC1=C(Cl)C(OC(C)=O)N(c2cc(C(C)(C)C)n(C)n2)C1=O. The van der Waals surface area contributed by atoms with Gasteiger partial charge in [0.1, 0.15) is 10.1 Å². The lowest BCUT2D eigenvalue weighted by Gasteiger charge is -2.22. The molecule has 0 fully saturated rings. The zero-order chi connectivity index (χ0) is 32.8. The van der Waals surface area contributed by atoms with Crippen LogP contribution in [0.15, 0.2) is 33.7 Å². The molecule has 0 spiro atoms. The number of hydrogen-bond acceptors (Lipinski definition) is 9. The fourth-order valence-corrected chi connectivity index (χ4v) is 5.28. The third kappa shape index (κ3) is 6.53. The van der Waals surface area contributed by atoms with Gasteiger partial charge < -0.3 is 19.3 Å². The number of aliphatic hydroxyl groups is 1. The second kappa shape index (κ2) is 12.2. The molecule has 2 aliphatic heterocycles. The van der Waals surface area contributed by atoms with E-state index in [1.807, 2.05) is 41.5 Å². The van der Waals surface area contributed by atoms with Gasteiger partial charge in [0, 0.05) is 55.4 Å². The third-order valence-corrected chi connectivity index (χ3v) is 7.36. The summed E-state index contributed by atoms with van der Waals surface area (Å²) in [5.74, 6) is -0.969. The lowest BCUT2D eigenvalue weighted by Crippen LogP contribution is -2.38. The number of halogens is 2. The van der Waals surface area contributed by atoms with E-state index in [0.717, 1.165) is 16.3 Å². The first-order valence-electron chi connectivity index (χ1n) is 13.2. The van der Waals surface area contributed by atoms with Crippen LogP contribution < -0.4 is 9.80 Å². The molecule has 2 aromatic heterocycles. The average Bonchev–Trinajstić information content (AvgIpc) is 3.57. The molecule has 4 rings (SSSR count). The van der Waals surface area contributed by atoms with Crippen LogP contribution in [0.5, 0.6) is 0 Å². The third-order valence-electron chi connectivity index (χ3n) is 6.63. The van der Waals surface area contributed by atoms with E-state index in [0.29, 0.717) is 11.6 Å². The van der Waals surface area contributed by atoms with Crippen LogP contribution in [0.1, 0.15) is 59.9 Å². The molecule has 1 N–H and O–H groups in total. The van der Waals surface area contributed by atoms with Crippen LogP contribution in [-0.4, -0.2) is 69.1 Å². The first-order valence-corrected chi connectivity index (χ1v) is 14.0. The molecule has 2 amide bonds. The molecule has 236 valence electrons. The number of rotatable bonds is 5. The van der Waals surface area contributed by atoms with Crippen molar-refractivity contribution in [3.05, 3.63) is 45.1 Å². The average molecular weight is 642 g/mol. The topological polar surface area (TPSA) is 141 Å². The zero-order valence-corrected chi connectivity index (χ0v) is 27.7. The van der Waals surface area contributed by atoms with Crippen LogP contribution in [-0.2, 0) is 53.5 Å². The lowest BCUT2D eigenvalue weighted by molar-refractivity contribution is -0.144. The van der Waals surface area contributed by atoms with Crippen molar-refractivity contribution in [1.82, 2.24) is 19.6 Å². The minimum absolute atomic E-state index is 0.0238. The summed E-state index contributed by atoms with van der Waals surface area (Å²) in [6.07, 6.45) is -2.33. The lowest BCUT2D eigenvalue weighted by atomic mass is 9.92. The smallest absolute Gasteiger partial charge is 0.304 e. The molecule has 2 aromatic rings. The Morgan fingerprint density at radius 3 is 1.56 bits per heavy atom. The van der Waals surface area contributed by atoms with Crippen LogP contribution in [0, 0.1) is 0 Å². The van der Waals surface area contributed by atoms with E-state index in [1.54, 1.807) is 35.6 Å². The molecule has 43 heavy (non-hydrogen) atoms. The molecule has 0 aromatic carbocycles. The van der Waals surface area contributed by atoms with Crippen molar-refractivity contribution >= 4 is 52.6 Å². The normalized spacial score (nSPS) is 19.3. The molecule has 2 aliphatic rings. The van der Waals surface area contributed by atoms with Gasteiger partial charge in [-0.05, 0) is 0 Å². The number of aromatic nitrogens is 4. The predicted molar refractivity (Wildman–Crippen MR) is 160 cm³/mol. The largest absolute Gasteiger partial charge is 0.490 e. The van der Waals surface area contributed by atoms with Crippen molar-refractivity contribution in [2.45, 2.75) is 71.8 Å². The zero-order valence-electron chi connectivity index (χ0n) is 26.1. The molecular weight excluding hydrogens is 603 g/mol. The van der Waals surface area contributed by atoms with Crippen molar-refractivity contribution in [2.75, 3.05) is 24.0 Å². The van der Waals surface area contributed by atoms with Gasteiger partial charge >= 0.3 is 5.97 Å². The Hall–Kier alpha value is -3.55. The highest BCUT2D eigenvalue weighted by molar-refractivity contribution is 6.35. The second-order valence-electron chi connectivity index (χ2n) is 12.0. The van der Waals surface area contributed by atoms with Gasteiger partial charge in [-0.25, -0.2) is 4.90 Å². The van der Waals surface area contributed by atoms with Gasteiger partial charge in [0.15, 0.2) is 17.9 Å².